The molecule has 0 fully saturated rings. The second-order valence-corrected chi connectivity index (χ2v) is 8.41. The second-order valence-electron chi connectivity index (χ2n) is 7.20. The minimum atomic E-state index is 0.352. The number of aromatic nitrogens is 2. The topological polar surface area (TPSA) is 21.1 Å². The summed E-state index contributed by atoms with van der Waals surface area (Å²) in [6.45, 7) is 3.22. The third kappa shape index (κ3) is 3.65. The van der Waals surface area contributed by atoms with Gasteiger partial charge in [-0.1, -0.05) is 11.6 Å². The Bertz CT molecular complexity index is 1070. The lowest BCUT2D eigenvalue weighted by Gasteiger charge is -2.19. The van der Waals surface area contributed by atoms with Crippen LogP contribution in [0.5, 0.6) is 0 Å². The van der Waals surface area contributed by atoms with E-state index in [1.165, 1.54) is 16.6 Å². The molecule has 0 bridgehead atoms. The van der Waals surface area contributed by atoms with Crippen molar-refractivity contribution in [2.75, 3.05) is 20.6 Å². The van der Waals surface area contributed by atoms with Crippen molar-refractivity contribution in [2.24, 2.45) is 0 Å². The van der Waals surface area contributed by atoms with E-state index in [9.17, 15) is 0 Å². The molecule has 0 spiro atoms. The summed E-state index contributed by atoms with van der Waals surface area (Å²) in [5.41, 5.74) is 5.82. The molecule has 0 amide bonds. The Balaban J connectivity index is 1.87. The molecule has 0 radical (unpaired) electrons. The van der Waals surface area contributed by atoms with Crippen LogP contribution in [-0.4, -0.2) is 35.1 Å². The van der Waals surface area contributed by atoms with Crippen LogP contribution in [0.25, 0.3) is 33.2 Å². The average Bonchev–Trinajstić information content (AvgIpc) is 3.29. The lowest BCUT2D eigenvalue weighted by molar-refractivity contribution is 0.341. The molecular weight excluding hydrogens is 374 g/mol. The van der Waals surface area contributed by atoms with E-state index < -0.39 is 0 Å². The van der Waals surface area contributed by atoms with E-state index in [-0.39, 0.29) is 0 Å². The number of thiophene rings is 1. The number of nitrogens with zero attached hydrogens (tertiary/aromatic N) is 3. The summed E-state index contributed by atoms with van der Waals surface area (Å²) >= 11 is 8.03. The summed E-state index contributed by atoms with van der Waals surface area (Å²) in [6, 6.07) is 10.8. The predicted molar refractivity (Wildman–Crippen MR) is 117 cm³/mol. The summed E-state index contributed by atoms with van der Waals surface area (Å²) < 4.78 is 2.35. The van der Waals surface area contributed by atoms with Crippen LogP contribution in [0.15, 0.2) is 59.7 Å². The molecule has 0 aliphatic heterocycles. The van der Waals surface area contributed by atoms with Crippen LogP contribution < -0.4 is 0 Å². The molecule has 0 aliphatic carbocycles. The number of fused-ring (bicyclic) bond motifs is 1. The molecule has 3 aromatic heterocycles. The van der Waals surface area contributed by atoms with Gasteiger partial charge in [0.15, 0.2) is 0 Å². The van der Waals surface area contributed by atoms with Crippen molar-refractivity contribution < 1.29 is 0 Å². The third-order valence-electron chi connectivity index (χ3n) is 4.80. The quantitative estimate of drug-likeness (QED) is 0.400. The average molecular weight is 396 g/mol. The van der Waals surface area contributed by atoms with Crippen LogP contribution in [0.4, 0.5) is 0 Å². The van der Waals surface area contributed by atoms with E-state index >= 15 is 0 Å². The van der Waals surface area contributed by atoms with Gasteiger partial charge in [0.1, 0.15) is 0 Å². The van der Waals surface area contributed by atoms with Crippen molar-refractivity contribution >= 4 is 33.8 Å². The molecule has 0 aliphatic rings. The Morgan fingerprint density at radius 2 is 1.93 bits per heavy atom. The van der Waals surface area contributed by atoms with Crippen LogP contribution in [0.2, 0.25) is 5.02 Å². The van der Waals surface area contributed by atoms with Gasteiger partial charge in [0.25, 0.3) is 0 Å². The van der Waals surface area contributed by atoms with E-state index in [1.54, 1.807) is 11.3 Å². The Kier molecular flexibility index (Phi) is 5.04. The molecule has 1 aromatic carbocycles. The largest absolute Gasteiger partial charge is 0.343 e. The van der Waals surface area contributed by atoms with Crippen molar-refractivity contribution in [1.82, 2.24) is 14.5 Å². The Morgan fingerprint density at radius 3 is 2.67 bits per heavy atom. The SMILES string of the molecule is CC(CN(C)C)n1cc(-c2cncc(-c3ccsc3)c2)c2cc(Cl)ccc21. The zero-order chi connectivity index (χ0) is 19.0. The maximum absolute atomic E-state index is 6.33. The maximum atomic E-state index is 6.33. The van der Waals surface area contributed by atoms with Crippen molar-refractivity contribution in [3.05, 3.63) is 64.7 Å². The zero-order valence-corrected chi connectivity index (χ0v) is 17.3. The molecule has 0 saturated carbocycles. The van der Waals surface area contributed by atoms with E-state index in [2.05, 4.69) is 76.7 Å². The van der Waals surface area contributed by atoms with Gasteiger partial charge in [0.2, 0.25) is 0 Å². The van der Waals surface area contributed by atoms with Gasteiger partial charge in [-0.05, 0) is 67.7 Å². The highest BCUT2D eigenvalue weighted by Crippen LogP contribution is 2.35. The molecule has 27 heavy (non-hydrogen) atoms. The monoisotopic (exact) mass is 395 g/mol. The van der Waals surface area contributed by atoms with Crippen LogP contribution in [0.3, 0.4) is 0 Å². The third-order valence-corrected chi connectivity index (χ3v) is 5.72. The number of hydrogen-bond acceptors (Lipinski definition) is 3. The van der Waals surface area contributed by atoms with Gasteiger partial charge in [-0.2, -0.15) is 11.3 Å². The summed E-state index contributed by atoms with van der Waals surface area (Å²) in [5, 5.41) is 6.16. The minimum Gasteiger partial charge on any atom is -0.343 e. The van der Waals surface area contributed by atoms with Crippen molar-refractivity contribution in [3.63, 3.8) is 0 Å². The first-order valence-corrected chi connectivity index (χ1v) is 10.3. The molecule has 3 nitrogen and oxygen atoms in total. The Morgan fingerprint density at radius 1 is 1.11 bits per heavy atom. The van der Waals surface area contributed by atoms with E-state index in [0.29, 0.717) is 6.04 Å². The molecule has 0 N–H and O–H groups in total. The van der Waals surface area contributed by atoms with Gasteiger partial charge in [-0.3, -0.25) is 4.98 Å². The van der Waals surface area contributed by atoms with E-state index in [1.807, 2.05) is 18.5 Å². The molecule has 1 atom stereocenters. The highest BCUT2D eigenvalue weighted by Gasteiger charge is 2.16. The number of halogens is 1. The lowest BCUT2D eigenvalue weighted by atomic mass is 10.0. The fourth-order valence-corrected chi connectivity index (χ4v) is 4.45. The molecule has 3 heterocycles. The van der Waals surface area contributed by atoms with Crippen molar-refractivity contribution in [3.8, 4) is 22.3 Å². The number of hydrogen-bond donors (Lipinski definition) is 0. The number of rotatable bonds is 5. The number of pyridine rings is 1. The predicted octanol–water partition coefficient (Wildman–Crippen LogP) is 6.21. The number of benzene rings is 1. The van der Waals surface area contributed by atoms with Crippen LogP contribution >= 0.6 is 22.9 Å². The summed E-state index contributed by atoms with van der Waals surface area (Å²) in [6.07, 6.45) is 6.10. The lowest BCUT2D eigenvalue weighted by Crippen LogP contribution is -2.21. The summed E-state index contributed by atoms with van der Waals surface area (Å²) in [4.78, 5) is 6.72. The molecule has 4 rings (SSSR count). The first-order valence-electron chi connectivity index (χ1n) is 8.96. The van der Waals surface area contributed by atoms with Gasteiger partial charge < -0.3 is 9.47 Å². The summed E-state index contributed by atoms with van der Waals surface area (Å²) in [7, 11) is 4.21. The fraction of sp³-hybridized carbons (Fsp3) is 0.227. The molecular formula is C22H22ClN3S. The van der Waals surface area contributed by atoms with Gasteiger partial charge in [0.05, 0.1) is 0 Å². The molecule has 5 heteroatoms. The van der Waals surface area contributed by atoms with Gasteiger partial charge in [-0.15, -0.1) is 0 Å². The highest BCUT2D eigenvalue weighted by molar-refractivity contribution is 7.08. The fourth-order valence-electron chi connectivity index (χ4n) is 3.61. The highest BCUT2D eigenvalue weighted by atomic mass is 35.5. The normalized spacial score (nSPS) is 12.8. The molecule has 1 unspecified atom stereocenters. The van der Waals surface area contributed by atoms with E-state index in [0.717, 1.165) is 28.1 Å². The molecule has 0 saturated heterocycles. The van der Waals surface area contributed by atoms with E-state index in [4.69, 9.17) is 11.6 Å². The first-order chi connectivity index (χ1) is 13.0. The zero-order valence-electron chi connectivity index (χ0n) is 15.7. The Labute approximate surface area is 168 Å². The van der Waals surface area contributed by atoms with Gasteiger partial charge >= 0.3 is 0 Å². The molecule has 138 valence electrons. The first kappa shape index (κ1) is 18.2. The van der Waals surface area contributed by atoms with Crippen molar-refractivity contribution in [2.45, 2.75) is 13.0 Å². The second kappa shape index (κ2) is 7.47. The van der Waals surface area contributed by atoms with Crippen LogP contribution in [0.1, 0.15) is 13.0 Å². The maximum Gasteiger partial charge on any atom is 0.0490 e. The van der Waals surface area contributed by atoms with Crippen molar-refractivity contribution in [1.29, 1.82) is 0 Å². The standard InChI is InChI=1S/C22H22ClN3S/c1-15(12-25(2)3)26-13-21(20-9-19(23)4-5-22(20)26)18-8-17(10-24-11-18)16-6-7-27-14-16/h4-11,13-15H,12H2,1-3H3. The number of likely N-dealkylation sites (N-methyl/N-ethyl adjacent to an activating group) is 1. The van der Waals surface area contributed by atoms with Gasteiger partial charge in [-0.25, -0.2) is 0 Å². The Hall–Kier alpha value is -2.14. The van der Waals surface area contributed by atoms with Crippen LogP contribution in [0, 0.1) is 0 Å². The minimum absolute atomic E-state index is 0.352. The summed E-state index contributed by atoms with van der Waals surface area (Å²) in [5.74, 6) is 0. The molecule has 4 aromatic rings. The smallest absolute Gasteiger partial charge is 0.0490 e. The van der Waals surface area contributed by atoms with Crippen LogP contribution in [-0.2, 0) is 0 Å². The van der Waals surface area contributed by atoms with Gasteiger partial charge in [0, 0.05) is 63.8 Å².